The molecule has 0 aliphatic carbocycles. The van der Waals surface area contributed by atoms with Crippen molar-refractivity contribution in [3.63, 3.8) is 0 Å². The van der Waals surface area contributed by atoms with Gasteiger partial charge < -0.3 is 14.0 Å². The number of methoxy groups -OCH3 is 2. The molecule has 0 amide bonds. The summed E-state index contributed by atoms with van der Waals surface area (Å²) in [5, 5.41) is 2.04. The highest BCUT2D eigenvalue weighted by Gasteiger charge is 2.27. The summed E-state index contributed by atoms with van der Waals surface area (Å²) in [5.41, 5.74) is 2.75. The predicted molar refractivity (Wildman–Crippen MR) is 126 cm³/mol. The van der Waals surface area contributed by atoms with Crippen LogP contribution in [0.25, 0.3) is 11.3 Å². The Kier molecular flexibility index (Phi) is 7.10. The largest absolute Gasteiger partial charge is 0.497 e. The molecule has 0 N–H and O–H groups in total. The Balaban J connectivity index is 1.67. The fraction of sp³-hybridized carbons (Fsp3) is 0.348. The van der Waals surface area contributed by atoms with Gasteiger partial charge in [-0.2, -0.15) is 4.31 Å². The average Bonchev–Trinajstić information content (AvgIpc) is 3.49. The second-order valence-corrected chi connectivity index (χ2v) is 10.3. The topological polar surface area (TPSA) is 73.1 Å². The summed E-state index contributed by atoms with van der Waals surface area (Å²) in [6.07, 6.45) is 1.85. The van der Waals surface area contributed by atoms with Gasteiger partial charge in [0.05, 0.1) is 30.0 Å². The minimum atomic E-state index is -3.42. The predicted octanol–water partition coefficient (Wildman–Crippen LogP) is 3.89. The first-order valence-corrected chi connectivity index (χ1v) is 12.8. The van der Waals surface area contributed by atoms with E-state index in [2.05, 4.69) is 4.57 Å². The summed E-state index contributed by atoms with van der Waals surface area (Å²) in [4.78, 5) is 5.97. The van der Waals surface area contributed by atoms with Crippen LogP contribution in [-0.2, 0) is 21.3 Å². The minimum Gasteiger partial charge on any atom is -0.497 e. The number of hydrogen-bond acceptors (Lipinski definition) is 6. The Bertz CT molecular complexity index is 1210. The third-order valence-corrected chi connectivity index (χ3v) is 8.24. The van der Waals surface area contributed by atoms with E-state index in [1.54, 1.807) is 30.7 Å². The van der Waals surface area contributed by atoms with Crippen molar-refractivity contribution >= 4 is 27.0 Å². The average molecular weight is 474 g/mol. The Morgan fingerprint density at radius 3 is 2.31 bits per heavy atom. The van der Waals surface area contributed by atoms with Crippen LogP contribution in [0.2, 0.25) is 0 Å². The van der Waals surface area contributed by atoms with Crippen molar-refractivity contribution in [2.75, 3.05) is 33.9 Å². The van der Waals surface area contributed by atoms with Crippen molar-refractivity contribution in [2.45, 2.75) is 24.3 Å². The fourth-order valence-corrected chi connectivity index (χ4v) is 6.16. The first kappa shape index (κ1) is 22.7. The monoisotopic (exact) mass is 473 g/mol. The highest BCUT2D eigenvalue weighted by atomic mass is 32.2. The number of rotatable bonds is 8. The Hall–Kier alpha value is -2.46. The molecule has 4 rings (SSSR count). The van der Waals surface area contributed by atoms with Gasteiger partial charge in [0.2, 0.25) is 10.0 Å². The van der Waals surface area contributed by atoms with E-state index in [-0.39, 0.29) is 0 Å². The molecule has 0 spiro atoms. The van der Waals surface area contributed by atoms with Crippen molar-refractivity contribution in [2.24, 2.45) is 4.99 Å². The first-order valence-electron chi connectivity index (χ1n) is 10.5. The van der Waals surface area contributed by atoms with Crippen molar-refractivity contribution in [3.8, 4) is 17.0 Å². The second-order valence-electron chi connectivity index (χ2n) is 7.49. The summed E-state index contributed by atoms with van der Waals surface area (Å²) < 4.78 is 39.8. The number of nitrogens with zero attached hydrogens (tertiary/aromatic N) is 3. The zero-order valence-corrected chi connectivity index (χ0v) is 19.9. The SMILES string of the molecule is COCCn1c(-c2ccc(S(=O)(=O)N3CCCC3)cc2)csc1=Nc1ccc(OC)cc1. The zero-order chi connectivity index (χ0) is 22.6. The molecule has 0 unspecified atom stereocenters. The molecule has 0 radical (unpaired) electrons. The lowest BCUT2D eigenvalue weighted by molar-refractivity contribution is 0.187. The Morgan fingerprint density at radius 1 is 1.00 bits per heavy atom. The minimum absolute atomic E-state index is 0.338. The molecule has 0 saturated carbocycles. The summed E-state index contributed by atoms with van der Waals surface area (Å²) in [6.45, 7) is 2.38. The number of hydrogen-bond donors (Lipinski definition) is 0. The first-order chi connectivity index (χ1) is 15.5. The van der Waals surface area contributed by atoms with Crippen molar-refractivity contribution in [3.05, 3.63) is 58.7 Å². The van der Waals surface area contributed by atoms with Crippen LogP contribution >= 0.6 is 11.3 Å². The zero-order valence-electron chi connectivity index (χ0n) is 18.2. The van der Waals surface area contributed by atoms with Crippen LogP contribution < -0.4 is 9.54 Å². The van der Waals surface area contributed by atoms with Crippen LogP contribution in [0, 0.1) is 0 Å². The molecule has 3 aromatic rings. The number of thiazole rings is 1. The molecule has 1 aliphatic heterocycles. The van der Waals surface area contributed by atoms with E-state index in [0.717, 1.165) is 40.3 Å². The van der Waals surface area contributed by atoms with E-state index < -0.39 is 10.0 Å². The van der Waals surface area contributed by atoms with Gasteiger partial charge in [0.15, 0.2) is 4.80 Å². The van der Waals surface area contributed by atoms with Crippen molar-refractivity contribution in [1.82, 2.24) is 8.87 Å². The number of benzene rings is 2. The quantitative estimate of drug-likeness (QED) is 0.498. The lowest BCUT2D eigenvalue weighted by atomic mass is 10.2. The van der Waals surface area contributed by atoms with Gasteiger partial charge in [-0.1, -0.05) is 12.1 Å². The number of ether oxygens (including phenoxy) is 2. The van der Waals surface area contributed by atoms with Crippen molar-refractivity contribution in [1.29, 1.82) is 0 Å². The smallest absolute Gasteiger partial charge is 0.243 e. The maximum Gasteiger partial charge on any atom is 0.243 e. The van der Waals surface area contributed by atoms with E-state index in [1.165, 1.54) is 11.3 Å². The lowest BCUT2D eigenvalue weighted by Gasteiger charge is -2.16. The van der Waals surface area contributed by atoms with Crippen LogP contribution in [0.1, 0.15) is 12.8 Å². The molecule has 1 aromatic heterocycles. The van der Waals surface area contributed by atoms with E-state index in [0.29, 0.717) is 31.1 Å². The van der Waals surface area contributed by atoms with E-state index in [1.807, 2.05) is 41.8 Å². The molecule has 1 saturated heterocycles. The molecule has 1 aliphatic rings. The molecular weight excluding hydrogens is 446 g/mol. The van der Waals surface area contributed by atoms with E-state index >= 15 is 0 Å². The highest BCUT2D eigenvalue weighted by molar-refractivity contribution is 7.89. The van der Waals surface area contributed by atoms with E-state index in [4.69, 9.17) is 14.5 Å². The van der Waals surface area contributed by atoms with Crippen LogP contribution in [0.3, 0.4) is 0 Å². The Labute approximate surface area is 192 Å². The standard InChI is InChI=1S/C23H27N3O4S2/c1-29-16-15-26-22(17-31-23(26)24-19-7-9-20(30-2)10-8-19)18-5-11-21(12-6-18)32(27,28)25-13-3-4-14-25/h5-12,17H,3-4,13-16H2,1-2H3. The Morgan fingerprint density at radius 2 is 1.69 bits per heavy atom. The van der Waals surface area contributed by atoms with E-state index in [9.17, 15) is 8.42 Å². The van der Waals surface area contributed by atoms with Crippen LogP contribution in [0.5, 0.6) is 5.75 Å². The molecule has 1 fully saturated rings. The van der Waals surface area contributed by atoms with Gasteiger partial charge >= 0.3 is 0 Å². The molecule has 0 atom stereocenters. The third kappa shape index (κ3) is 4.80. The second kappa shape index (κ2) is 9.99. The molecule has 0 bridgehead atoms. The van der Waals surface area contributed by atoms with Gasteiger partial charge in [-0.3, -0.25) is 0 Å². The van der Waals surface area contributed by atoms with Gasteiger partial charge in [-0.05, 0) is 54.8 Å². The highest BCUT2D eigenvalue weighted by Crippen LogP contribution is 2.26. The van der Waals surface area contributed by atoms with Gasteiger partial charge in [0.25, 0.3) is 0 Å². The van der Waals surface area contributed by atoms with Crippen LogP contribution in [0.15, 0.2) is 63.8 Å². The maximum absolute atomic E-state index is 12.8. The summed E-state index contributed by atoms with van der Waals surface area (Å²) in [6, 6.07) is 14.7. The number of aromatic nitrogens is 1. The van der Waals surface area contributed by atoms with Gasteiger partial charge in [0.1, 0.15) is 5.75 Å². The van der Waals surface area contributed by atoms with Crippen molar-refractivity contribution < 1.29 is 17.9 Å². The molecule has 7 nitrogen and oxygen atoms in total. The molecule has 170 valence electrons. The fourth-order valence-electron chi connectivity index (χ4n) is 3.69. The normalized spacial score (nSPS) is 15.4. The summed E-state index contributed by atoms with van der Waals surface area (Å²) >= 11 is 1.54. The summed E-state index contributed by atoms with van der Waals surface area (Å²) in [5.74, 6) is 0.784. The lowest BCUT2D eigenvalue weighted by Crippen LogP contribution is -2.27. The van der Waals surface area contributed by atoms with Gasteiger partial charge in [-0.25, -0.2) is 13.4 Å². The molecule has 2 aromatic carbocycles. The molecule has 32 heavy (non-hydrogen) atoms. The molecule has 9 heteroatoms. The molecule has 2 heterocycles. The van der Waals surface area contributed by atoms with Crippen LogP contribution in [0.4, 0.5) is 5.69 Å². The number of sulfonamides is 1. The molecular formula is C23H27N3O4S2. The van der Waals surface area contributed by atoms with Crippen LogP contribution in [-0.4, -0.2) is 51.2 Å². The van der Waals surface area contributed by atoms with Gasteiger partial charge in [-0.15, -0.1) is 11.3 Å². The third-order valence-electron chi connectivity index (χ3n) is 5.47. The van der Waals surface area contributed by atoms with Gasteiger partial charge in [0, 0.05) is 32.1 Å². The maximum atomic E-state index is 12.8. The summed E-state index contributed by atoms with van der Waals surface area (Å²) in [7, 11) is -0.114.